The predicted octanol–water partition coefficient (Wildman–Crippen LogP) is 0.0966. The number of hydroxylamine groups is 2. The Morgan fingerprint density at radius 3 is 2.67 bits per heavy atom. The number of likely N-dealkylation sites (N-methyl/N-ethyl adjacent to an activating group) is 1. The summed E-state index contributed by atoms with van der Waals surface area (Å²) in [7, 11) is 2.64. The highest BCUT2D eigenvalue weighted by molar-refractivity contribution is 5.85. The lowest BCUT2D eigenvalue weighted by Crippen LogP contribution is -2.45. The van der Waals surface area contributed by atoms with Gasteiger partial charge in [0, 0.05) is 13.5 Å². The van der Waals surface area contributed by atoms with E-state index in [2.05, 4.69) is 4.84 Å². The number of halogens is 1. The van der Waals surface area contributed by atoms with Crippen LogP contribution in [0.5, 0.6) is 0 Å². The predicted molar refractivity (Wildman–Crippen MR) is 47.8 cm³/mol. The van der Waals surface area contributed by atoms with E-state index in [1.165, 1.54) is 14.2 Å². The molecule has 0 aromatic heterocycles. The molecule has 86 valence electrons. The Morgan fingerprint density at radius 1 is 1.60 bits per heavy atom. The minimum Gasteiger partial charge on any atom is -0.465 e. The molecule has 2 amide bonds. The first-order valence-electron chi connectivity index (χ1n) is 4.42. The zero-order valence-corrected chi connectivity index (χ0v) is 8.51. The van der Waals surface area contributed by atoms with E-state index in [4.69, 9.17) is 5.11 Å². The van der Waals surface area contributed by atoms with E-state index in [0.717, 1.165) is 9.96 Å². The van der Waals surface area contributed by atoms with Crippen LogP contribution in [0.25, 0.3) is 0 Å². The molecule has 0 bridgehead atoms. The highest BCUT2D eigenvalue weighted by atomic mass is 19.1. The Labute approximate surface area is 86.2 Å². The van der Waals surface area contributed by atoms with E-state index in [0.29, 0.717) is 0 Å². The Kier molecular flexibility index (Phi) is 3.46. The molecule has 1 N–H and O–H groups in total. The van der Waals surface area contributed by atoms with E-state index >= 15 is 0 Å². The molecule has 1 heterocycles. The number of carbonyl (C=O) groups excluding carboxylic acids is 1. The van der Waals surface area contributed by atoms with Crippen LogP contribution in [0.4, 0.5) is 9.18 Å². The average molecular weight is 220 g/mol. The van der Waals surface area contributed by atoms with Gasteiger partial charge in [-0.05, 0) is 0 Å². The Balaban J connectivity index is 2.75. The van der Waals surface area contributed by atoms with Crippen molar-refractivity contribution in [2.24, 2.45) is 0 Å². The topological polar surface area (TPSA) is 70.1 Å². The lowest BCUT2D eigenvalue weighted by atomic mass is 10.2. The molecule has 0 aliphatic carbocycles. The second-order valence-electron chi connectivity index (χ2n) is 3.30. The van der Waals surface area contributed by atoms with Gasteiger partial charge in [0.25, 0.3) is 5.91 Å². The molecule has 1 unspecified atom stereocenters. The molecule has 1 saturated heterocycles. The third-order valence-electron chi connectivity index (χ3n) is 2.37. The molecular formula is C8H13FN2O4. The van der Waals surface area contributed by atoms with Crippen molar-refractivity contribution in [1.29, 1.82) is 0 Å². The Bertz CT molecular complexity index is 273. The number of carbonyl (C=O) groups is 2. The lowest BCUT2D eigenvalue weighted by molar-refractivity contribution is -0.173. The summed E-state index contributed by atoms with van der Waals surface area (Å²) in [5, 5.41) is 9.65. The quantitative estimate of drug-likeness (QED) is 0.670. The molecule has 6 nitrogen and oxygen atoms in total. The maximum Gasteiger partial charge on any atom is 0.408 e. The van der Waals surface area contributed by atoms with Crippen molar-refractivity contribution in [2.75, 3.05) is 20.7 Å². The third-order valence-corrected chi connectivity index (χ3v) is 2.37. The molecule has 0 aromatic rings. The molecule has 1 aliphatic rings. The second kappa shape index (κ2) is 4.43. The number of amides is 2. The first-order valence-corrected chi connectivity index (χ1v) is 4.42. The summed E-state index contributed by atoms with van der Waals surface area (Å²) in [6.07, 6.45) is -2.70. The SMILES string of the molecule is CON(C)C(=O)[C@H]1CC(F)CN1C(=O)O. The van der Waals surface area contributed by atoms with Crippen molar-refractivity contribution < 1.29 is 23.9 Å². The zero-order valence-electron chi connectivity index (χ0n) is 8.51. The van der Waals surface area contributed by atoms with Crippen LogP contribution in [0.2, 0.25) is 0 Å². The molecular weight excluding hydrogens is 207 g/mol. The molecule has 0 spiro atoms. The first kappa shape index (κ1) is 11.7. The molecule has 1 aliphatic heterocycles. The van der Waals surface area contributed by atoms with Crippen LogP contribution in [0.3, 0.4) is 0 Å². The summed E-state index contributed by atoms with van der Waals surface area (Å²) in [6, 6.07) is -0.984. The van der Waals surface area contributed by atoms with Crippen LogP contribution in [0, 0.1) is 0 Å². The number of carboxylic acid groups (broad SMARTS) is 1. The number of rotatable bonds is 2. The molecule has 15 heavy (non-hydrogen) atoms. The monoisotopic (exact) mass is 220 g/mol. The third kappa shape index (κ3) is 2.35. The summed E-state index contributed by atoms with van der Waals surface area (Å²) in [6.45, 7) is -0.261. The van der Waals surface area contributed by atoms with E-state index in [-0.39, 0.29) is 13.0 Å². The second-order valence-corrected chi connectivity index (χ2v) is 3.30. The van der Waals surface area contributed by atoms with Gasteiger partial charge in [0.15, 0.2) is 0 Å². The van der Waals surface area contributed by atoms with Crippen molar-refractivity contribution in [1.82, 2.24) is 9.96 Å². The number of alkyl halides is 1. The minimum atomic E-state index is -1.29. The normalized spacial score (nSPS) is 25.4. The summed E-state index contributed by atoms with van der Waals surface area (Å²) < 4.78 is 13.0. The zero-order chi connectivity index (χ0) is 11.6. The van der Waals surface area contributed by atoms with Crippen molar-refractivity contribution in [2.45, 2.75) is 18.6 Å². The summed E-state index contributed by atoms with van der Waals surface area (Å²) >= 11 is 0. The molecule has 0 aromatic carbocycles. The summed E-state index contributed by atoms with van der Waals surface area (Å²) in [5.74, 6) is -0.556. The molecule has 1 fully saturated rings. The maximum absolute atomic E-state index is 13.0. The van der Waals surface area contributed by atoms with Gasteiger partial charge >= 0.3 is 6.09 Å². The van der Waals surface area contributed by atoms with E-state index in [1.54, 1.807) is 0 Å². The molecule has 2 atom stereocenters. The number of hydrogen-bond acceptors (Lipinski definition) is 3. The first-order chi connectivity index (χ1) is 6.97. The van der Waals surface area contributed by atoms with Gasteiger partial charge in [0.2, 0.25) is 0 Å². The Morgan fingerprint density at radius 2 is 2.20 bits per heavy atom. The van der Waals surface area contributed by atoms with Gasteiger partial charge in [-0.3, -0.25) is 14.5 Å². The van der Waals surface area contributed by atoms with Crippen LogP contribution in [-0.2, 0) is 9.63 Å². The van der Waals surface area contributed by atoms with Crippen molar-refractivity contribution >= 4 is 12.0 Å². The van der Waals surface area contributed by atoms with Crippen molar-refractivity contribution in [3.63, 3.8) is 0 Å². The summed E-state index contributed by atoms with van der Waals surface area (Å²) in [4.78, 5) is 27.7. The molecule has 0 radical (unpaired) electrons. The highest BCUT2D eigenvalue weighted by Crippen LogP contribution is 2.21. The van der Waals surface area contributed by atoms with Crippen LogP contribution in [0.15, 0.2) is 0 Å². The Hall–Kier alpha value is -1.37. The van der Waals surface area contributed by atoms with Crippen LogP contribution in [0.1, 0.15) is 6.42 Å². The minimum absolute atomic E-state index is 0.112. The smallest absolute Gasteiger partial charge is 0.408 e. The van der Waals surface area contributed by atoms with Gasteiger partial charge in [-0.1, -0.05) is 0 Å². The van der Waals surface area contributed by atoms with Crippen LogP contribution < -0.4 is 0 Å². The van der Waals surface area contributed by atoms with Gasteiger partial charge in [-0.25, -0.2) is 14.2 Å². The van der Waals surface area contributed by atoms with Gasteiger partial charge < -0.3 is 5.11 Å². The number of likely N-dealkylation sites (tertiary alicyclic amines) is 1. The van der Waals surface area contributed by atoms with Crippen molar-refractivity contribution in [3.8, 4) is 0 Å². The number of nitrogens with zero attached hydrogens (tertiary/aromatic N) is 2. The van der Waals surface area contributed by atoms with E-state index < -0.39 is 24.2 Å². The number of hydrogen-bond donors (Lipinski definition) is 1. The maximum atomic E-state index is 13.0. The fourth-order valence-corrected chi connectivity index (χ4v) is 1.53. The van der Waals surface area contributed by atoms with Crippen LogP contribution in [-0.4, -0.2) is 60.0 Å². The summed E-state index contributed by atoms with van der Waals surface area (Å²) in [5.41, 5.74) is 0. The average Bonchev–Trinajstić information content (AvgIpc) is 2.58. The fraction of sp³-hybridized carbons (Fsp3) is 0.750. The van der Waals surface area contributed by atoms with E-state index in [9.17, 15) is 14.0 Å². The van der Waals surface area contributed by atoms with Gasteiger partial charge in [0.1, 0.15) is 12.2 Å². The molecule has 1 rings (SSSR count). The standard InChI is InChI=1S/C8H13FN2O4/c1-10(15-2)7(12)6-3-5(9)4-11(6)8(13)14/h5-6H,3-4H2,1-2H3,(H,13,14)/t5?,6-/m1/s1. The largest absolute Gasteiger partial charge is 0.465 e. The molecule has 7 heteroatoms. The van der Waals surface area contributed by atoms with Gasteiger partial charge in [-0.2, -0.15) is 0 Å². The van der Waals surface area contributed by atoms with Crippen LogP contribution >= 0.6 is 0 Å². The fourth-order valence-electron chi connectivity index (χ4n) is 1.53. The molecule has 0 saturated carbocycles. The van der Waals surface area contributed by atoms with E-state index in [1.807, 2.05) is 0 Å². The lowest BCUT2D eigenvalue weighted by Gasteiger charge is -2.23. The highest BCUT2D eigenvalue weighted by Gasteiger charge is 2.41. The van der Waals surface area contributed by atoms with Gasteiger partial charge in [-0.15, -0.1) is 0 Å². The van der Waals surface area contributed by atoms with Gasteiger partial charge in [0.05, 0.1) is 13.7 Å². The van der Waals surface area contributed by atoms with Crippen molar-refractivity contribution in [3.05, 3.63) is 0 Å².